The molecule has 84 valence electrons. The number of aliphatic hydroxyl groups is 1. The van der Waals surface area contributed by atoms with Gasteiger partial charge in [-0.15, -0.1) is 11.3 Å². The number of hydrogen-bond acceptors (Lipinski definition) is 5. The summed E-state index contributed by atoms with van der Waals surface area (Å²) in [5.74, 6) is 0.613. The highest BCUT2D eigenvalue weighted by Crippen LogP contribution is 2.20. The molecule has 4 nitrogen and oxygen atoms in total. The Bertz CT molecular complexity index is 288. The summed E-state index contributed by atoms with van der Waals surface area (Å²) in [6, 6.07) is 0. The van der Waals surface area contributed by atoms with Gasteiger partial charge in [-0.1, -0.05) is 11.8 Å². The molecule has 2 N–H and O–H groups in total. The van der Waals surface area contributed by atoms with E-state index in [1.807, 2.05) is 5.38 Å². The monoisotopic (exact) mass is 246 g/mol. The summed E-state index contributed by atoms with van der Waals surface area (Å²) in [7, 11) is 0. The number of thiazole rings is 1. The van der Waals surface area contributed by atoms with Crippen LogP contribution in [0, 0.1) is 0 Å². The summed E-state index contributed by atoms with van der Waals surface area (Å²) in [6.07, 6.45) is 1.74. The number of aromatic nitrogens is 1. The Morgan fingerprint density at radius 3 is 3.20 bits per heavy atom. The summed E-state index contributed by atoms with van der Waals surface area (Å²) in [6.45, 7) is 2.06. The van der Waals surface area contributed by atoms with Crippen molar-refractivity contribution in [2.75, 3.05) is 12.3 Å². The number of amides is 1. The van der Waals surface area contributed by atoms with Crippen molar-refractivity contribution >= 4 is 29.0 Å². The SMILES string of the molecule is CC(O)C(=O)NCCCSc1nccs1. The summed E-state index contributed by atoms with van der Waals surface area (Å²) in [4.78, 5) is 15.1. The second-order valence-electron chi connectivity index (χ2n) is 2.97. The predicted octanol–water partition coefficient (Wildman–Crippen LogP) is 1.12. The van der Waals surface area contributed by atoms with Crippen LogP contribution in [0.1, 0.15) is 13.3 Å². The van der Waals surface area contributed by atoms with E-state index >= 15 is 0 Å². The molecule has 0 radical (unpaired) electrons. The number of thioether (sulfide) groups is 1. The molecule has 15 heavy (non-hydrogen) atoms. The van der Waals surface area contributed by atoms with Gasteiger partial charge in [0, 0.05) is 23.9 Å². The van der Waals surface area contributed by atoms with Crippen LogP contribution in [0.2, 0.25) is 0 Å². The van der Waals surface area contributed by atoms with E-state index in [1.54, 1.807) is 29.3 Å². The predicted molar refractivity (Wildman–Crippen MR) is 62.1 cm³/mol. The van der Waals surface area contributed by atoms with Crippen LogP contribution < -0.4 is 5.32 Å². The van der Waals surface area contributed by atoms with Crippen LogP contribution in [0.15, 0.2) is 15.9 Å². The first-order chi connectivity index (χ1) is 7.20. The van der Waals surface area contributed by atoms with E-state index in [-0.39, 0.29) is 5.91 Å². The Morgan fingerprint density at radius 2 is 2.60 bits per heavy atom. The first kappa shape index (κ1) is 12.5. The Labute approximate surface area is 97.1 Å². The number of carbonyl (C=O) groups is 1. The third-order valence-electron chi connectivity index (χ3n) is 1.63. The molecule has 1 rings (SSSR count). The number of carbonyl (C=O) groups excluding carboxylic acids is 1. The van der Waals surface area contributed by atoms with Gasteiger partial charge in [-0.2, -0.15) is 0 Å². The van der Waals surface area contributed by atoms with Crippen molar-refractivity contribution in [2.45, 2.75) is 23.8 Å². The van der Waals surface area contributed by atoms with E-state index in [1.165, 1.54) is 6.92 Å². The van der Waals surface area contributed by atoms with Crippen molar-refractivity contribution in [3.63, 3.8) is 0 Å². The molecule has 0 saturated heterocycles. The molecule has 0 aliphatic heterocycles. The first-order valence-electron chi connectivity index (χ1n) is 4.68. The van der Waals surface area contributed by atoms with Gasteiger partial charge in [-0.05, 0) is 13.3 Å². The van der Waals surface area contributed by atoms with Crippen LogP contribution in [-0.2, 0) is 4.79 Å². The second-order valence-corrected chi connectivity index (χ2v) is 5.20. The van der Waals surface area contributed by atoms with E-state index in [0.717, 1.165) is 16.5 Å². The topological polar surface area (TPSA) is 62.2 Å². The number of aliphatic hydroxyl groups excluding tert-OH is 1. The Kier molecular flexibility index (Phi) is 5.67. The Hall–Kier alpha value is -0.590. The number of nitrogens with zero attached hydrogens (tertiary/aromatic N) is 1. The number of nitrogens with one attached hydrogen (secondary N) is 1. The van der Waals surface area contributed by atoms with E-state index in [2.05, 4.69) is 10.3 Å². The standard InChI is InChI=1S/C9H14N2O2S2/c1-7(12)8(13)10-3-2-5-14-9-11-4-6-15-9/h4,6-7,12H,2-3,5H2,1H3,(H,10,13). The van der Waals surface area contributed by atoms with Gasteiger partial charge in [0.25, 0.3) is 0 Å². The molecule has 1 unspecified atom stereocenters. The molecule has 0 aromatic carbocycles. The van der Waals surface area contributed by atoms with E-state index in [9.17, 15) is 4.79 Å². The molecule has 0 aliphatic carbocycles. The van der Waals surface area contributed by atoms with E-state index in [0.29, 0.717) is 6.54 Å². The minimum absolute atomic E-state index is 0.311. The molecular weight excluding hydrogens is 232 g/mol. The quantitative estimate of drug-likeness (QED) is 0.583. The fourth-order valence-corrected chi connectivity index (χ4v) is 2.52. The molecule has 0 bridgehead atoms. The summed E-state index contributed by atoms with van der Waals surface area (Å²) in [5, 5.41) is 13.5. The van der Waals surface area contributed by atoms with Gasteiger partial charge < -0.3 is 10.4 Å². The lowest BCUT2D eigenvalue weighted by molar-refractivity contribution is -0.128. The molecule has 0 aliphatic rings. The fraction of sp³-hybridized carbons (Fsp3) is 0.556. The van der Waals surface area contributed by atoms with Gasteiger partial charge in [0.15, 0.2) is 0 Å². The minimum atomic E-state index is -0.920. The third-order valence-corrected chi connectivity index (χ3v) is 3.69. The minimum Gasteiger partial charge on any atom is -0.384 e. The molecule has 0 spiro atoms. The van der Waals surface area contributed by atoms with Crippen molar-refractivity contribution in [3.05, 3.63) is 11.6 Å². The first-order valence-corrected chi connectivity index (χ1v) is 6.54. The lowest BCUT2D eigenvalue weighted by Gasteiger charge is -2.05. The molecule has 1 atom stereocenters. The van der Waals surface area contributed by atoms with Crippen LogP contribution in [-0.4, -0.2) is 34.4 Å². The zero-order chi connectivity index (χ0) is 11.1. The van der Waals surface area contributed by atoms with Gasteiger partial charge in [0.1, 0.15) is 10.4 Å². The van der Waals surface area contributed by atoms with Crippen LogP contribution in [0.5, 0.6) is 0 Å². The largest absolute Gasteiger partial charge is 0.384 e. The fourth-order valence-electron chi connectivity index (χ4n) is 0.873. The average Bonchev–Trinajstić information content (AvgIpc) is 2.69. The maximum absolute atomic E-state index is 11.0. The molecule has 0 fully saturated rings. The third kappa shape index (κ3) is 5.15. The molecule has 1 amide bonds. The zero-order valence-corrected chi connectivity index (χ0v) is 10.1. The molecule has 1 heterocycles. The molecule has 1 aromatic rings. The number of rotatable bonds is 6. The van der Waals surface area contributed by atoms with Crippen LogP contribution in [0.3, 0.4) is 0 Å². The van der Waals surface area contributed by atoms with Crippen LogP contribution in [0.25, 0.3) is 0 Å². The van der Waals surface area contributed by atoms with Crippen molar-refractivity contribution < 1.29 is 9.90 Å². The summed E-state index contributed by atoms with van der Waals surface area (Å²) < 4.78 is 1.05. The molecule has 1 aromatic heterocycles. The van der Waals surface area contributed by atoms with Gasteiger partial charge in [-0.25, -0.2) is 4.98 Å². The highest BCUT2D eigenvalue weighted by molar-refractivity contribution is 8.00. The second kappa shape index (κ2) is 6.81. The highest BCUT2D eigenvalue weighted by Gasteiger charge is 2.06. The van der Waals surface area contributed by atoms with Crippen molar-refractivity contribution in [3.8, 4) is 0 Å². The van der Waals surface area contributed by atoms with Gasteiger partial charge in [0.2, 0.25) is 5.91 Å². The average molecular weight is 246 g/mol. The summed E-state index contributed by atoms with van der Waals surface area (Å²) >= 11 is 3.30. The van der Waals surface area contributed by atoms with Crippen molar-refractivity contribution in [2.24, 2.45) is 0 Å². The maximum Gasteiger partial charge on any atom is 0.248 e. The van der Waals surface area contributed by atoms with E-state index < -0.39 is 6.10 Å². The van der Waals surface area contributed by atoms with Crippen molar-refractivity contribution in [1.29, 1.82) is 0 Å². The van der Waals surface area contributed by atoms with Gasteiger partial charge in [0.05, 0.1) is 0 Å². The maximum atomic E-state index is 11.0. The molecule has 6 heteroatoms. The van der Waals surface area contributed by atoms with Crippen LogP contribution >= 0.6 is 23.1 Å². The lowest BCUT2D eigenvalue weighted by Crippen LogP contribution is -2.33. The molecule has 0 saturated carbocycles. The van der Waals surface area contributed by atoms with Gasteiger partial charge in [-0.3, -0.25) is 4.79 Å². The molecular formula is C9H14N2O2S2. The zero-order valence-electron chi connectivity index (χ0n) is 8.47. The highest BCUT2D eigenvalue weighted by atomic mass is 32.2. The Balaban J connectivity index is 2.00. The number of hydrogen-bond donors (Lipinski definition) is 2. The van der Waals surface area contributed by atoms with E-state index in [4.69, 9.17) is 5.11 Å². The van der Waals surface area contributed by atoms with Crippen molar-refractivity contribution in [1.82, 2.24) is 10.3 Å². The van der Waals surface area contributed by atoms with Crippen LogP contribution in [0.4, 0.5) is 0 Å². The lowest BCUT2D eigenvalue weighted by atomic mass is 10.3. The summed E-state index contributed by atoms with van der Waals surface area (Å²) in [5.41, 5.74) is 0. The smallest absolute Gasteiger partial charge is 0.248 e. The van der Waals surface area contributed by atoms with Gasteiger partial charge >= 0.3 is 0 Å². The normalized spacial score (nSPS) is 12.4. The Morgan fingerprint density at radius 1 is 1.80 bits per heavy atom.